The fourth-order valence-corrected chi connectivity index (χ4v) is 1.70. The Morgan fingerprint density at radius 3 is 2.75 bits per heavy atom. The number of hydrogen-bond donors (Lipinski definition) is 2. The number of hydrogen-bond acceptors (Lipinski definition) is 4. The second-order valence-corrected chi connectivity index (χ2v) is 4.33. The fraction of sp³-hybridized carbons (Fsp3) is 0.467. The fourth-order valence-electron chi connectivity index (χ4n) is 1.70. The molecule has 1 aromatic rings. The topological polar surface area (TPSA) is 67.4 Å². The SMILES string of the molecule is CCOC(=O)CCNCC(=O)Nc1cccc(CC)c1. The monoisotopic (exact) mass is 278 g/mol. The molecule has 2 N–H and O–H groups in total. The summed E-state index contributed by atoms with van der Waals surface area (Å²) in [6.45, 7) is 4.82. The first-order chi connectivity index (χ1) is 9.65. The van der Waals surface area contributed by atoms with Crippen LogP contribution < -0.4 is 10.6 Å². The lowest BCUT2D eigenvalue weighted by Gasteiger charge is -2.07. The molecule has 0 aliphatic carbocycles. The van der Waals surface area contributed by atoms with Gasteiger partial charge in [-0.05, 0) is 31.0 Å². The largest absolute Gasteiger partial charge is 0.466 e. The number of esters is 1. The van der Waals surface area contributed by atoms with Crippen LogP contribution in [-0.2, 0) is 20.7 Å². The highest BCUT2D eigenvalue weighted by molar-refractivity contribution is 5.92. The standard InChI is InChI=1S/C15H22N2O3/c1-3-12-6-5-7-13(10-12)17-14(18)11-16-9-8-15(19)20-4-2/h5-7,10,16H,3-4,8-9,11H2,1-2H3,(H,17,18). The van der Waals surface area contributed by atoms with Gasteiger partial charge in [0.15, 0.2) is 0 Å². The van der Waals surface area contributed by atoms with E-state index in [0.29, 0.717) is 13.2 Å². The number of amides is 1. The molecule has 0 spiro atoms. The number of ether oxygens (including phenoxy) is 1. The van der Waals surface area contributed by atoms with Gasteiger partial charge in [-0.2, -0.15) is 0 Å². The average Bonchev–Trinajstić information content (AvgIpc) is 2.44. The van der Waals surface area contributed by atoms with Crippen molar-refractivity contribution < 1.29 is 14.3 Å². The third-order valence-corrected chi connectivity index (χ3v) is 2.72. The molecule has 0 atom stereocenters. The zero-order valence-corrected chi connectivity index (χ0v) is 12.1. The molecule has 0 unspecified atom stereocenters. The smallest absolute Gasteiger partial charge is 0.307 e. The van der Waals surface area contributed by atoms with Crippen LogP contribution in [0.15, 0.2) is 24.3 Å². The first-order valence-electron chi connectivity index (χ1n) is 6.90. The molecule has 1 rings (SSSR count). The van der Waals surface area contributed by atoms with E-state index in [4.69, 9.17) is 4.74 Å². The Labute approximate surface area is 119 Å². The molecular formula is C15H22N2O3. The molecule has 20 heavy (non-hydrogen) atoms. The van der Waals surface area contributed by atoms with Crippen LogP contribution >= 0.6 is 0 Å². The van der Waals surface area contributed by atoms with Gasteiger partial charge < -0.3 is 15.4 Å². The number of carbonyl (C=O) groups is 2. The number of rotatable bonds is 8. The Bertz CT molecular complexity index is 446. The van der Waals surface area contributed by atoms with Crippen LogP contribution in [0.2, 0.25) is 0 Å². The average molecular weight is 278 g/mol. The summed E-state index contributed by atoms with van der Waals surface area (Å²) in [5, 5.41) is 5.72. The van der Waals surface area contributed by atoms with Crippen LogP contribution in [0, 0.1) is 0 Å². The summed E-state index contributed by atoms with van der Waals surface area (Å²) in [5.74, 6) is -0.377. The maximum atomic E-state index is 11.7. The minimum atomic E-state index is -0.254. The molecule has 0 aliphatic rings. The molecule has 5 nitrogen and oxygen atoms in total. The zero-order valence-electron chi connectivity index (χ0n) is 12.1. The van der Waals surface area contributed by atoms with Gasteiger partial charge >= 0.3 is 5.97 Å². The summed E-state index contributed by atoms with van der Waals surface area (Å²) in [7, 11) is 0. The third kappa shape index (κ3) is 6.33. The van der Waals surface area contributed by atoms with Crippen molar-refractivity contribution in [1.82, 2.24) is 5.32 Å². The molecule has 0 radical (unpaired) electrons. The Balaban J connectivity index is 2.24. The Morgan fingerprint density at radius 1 is 1.25 bits per heavy atom. The van der Waals surface area contributed by atoms with E-state index in [2.05, 4.69) is 17.6 Å². The van der Waals surface area contributed by atoms with E-state index in [0.717, 1.165) is 12.1 Å². The highest BCUT2D eigenvalue weighted by Gasteiger charge is 2.04. The van der Waals surface area contributed by atoms with E-state index in [1.807, 2.05) is 24.3 Å². The van der Waals surface area contributed by atoms with Crippen LogP contribution in [0.25, 0.3) is 0 Å². The van der Waals surface area contributed by atoms with Gasteiger partial charge in [-0.3, -0.25) is 9.59 Å². The minimum absolute atomic E-state index is 0.123. The second-order valence-electron chi connectivity index (χ2n) is 4.33. The number of benzene rings is 1. The third-order valence-electron chi connectivity index (χ3n) is 2.72. The maximum absolute atomic E-state index is 11.7. The first-order valence-corrected chi connectivity index (χ1v) is 6.90. The van der Waals surface area contributed by atoms with Crippen LogP contribution in [0.3, 0.4) is 0 Å². The molecule has 110 valence electrons. The van der Waals surface area contributed by atoms with E-state index in [9.17, 15) is 9.59 Å². The number of nitrogens with one attached hydrogen (secondary N) is 2. The summed E-state index contributed by atoms with van der Waals surface area (Å²) in [6.07, 6.45) is 1.20. The molecule has 0 fully saturated rings. The van der Waals surface area contributed by atoms with Crippen LogP contribution in [-0.4, -0.2) is 31.6 Å². The molecule has 0 saturated heterocycles. The Hall–Kier alpha value is -1.88. The van der Waals surface area contributed by atoms with Gasteiger partial charge in [0.25, 0.3) is 0 Å². The van der Waals surface area contributed by atoms with Gasteiger partial charge in [-0.15, -0.1) is 0 Å². The van der Waals surface area contributed by atoms with Gasteiger partial charge in [0.2, 0.25) is 5.91 Å². The molecule has 0 bridgehead atoms. The van der Waals surface area contributed by atoms with Crippen molar-refractivity contribution in [2.75, 3.05) is 25.0 Å². The quantitative estimate of drug-likeness (QED) is 0.561. The highest BCUT2D eigenvalue weighted by Crippen LogP contribution is 2.10. The lowest BCUT2D eigenvalue weighted by atomic mass is 10.1. The van der Waals surface area contributed by atoms with E-state index in [1.54, 1.807) is 6.92 Å². The van der Waals surface area contributed by atoms with E-state index in [1.165, 1.54) is 5.56 Å². The summed E-state index contributed by atoms with van der Waals surface area (Å²) in [5.41, 5.74) is 1.97. The summed E-state index contributed by atoms with van der Waals surface area (Å²) in [4.78, 5) is 22.8. The van der Waals surface area contributed by atoms with E-state index < -0.39 is 0 Å². The molecule has 5 heteroatoms. The number of aryl methyl sites for hydroxylation is 1. The summed E-state index contributed by atoms with van der Waals surface area (Å²) < 4.78 is 4.79. The lowest BCUT2D eigenvalue weighted by molar-refractivity contribution is -0.143. The minimum Gasteiger partial charge on any atom is -0.466 e. The van der Waals surface area contributed by atoms with Gasteiger partial charge in [0.05, 0.1) is 19.6 Å². The molecule has 1 aromatic carbocycles. The first kappa shape index (κ1) is 16.2. The van der Waals surface area contributed by atoms with Crippen molar-refractivity contribution in [3.8, 4) is 0 Å². The van der Waals surface area contributed by atoms with Crippen molar-refractivity contribution in [3.05, 3.63) is 29.8 Å². The normalized spacial score (nSPS) is 10.1. The molecule has 1 amide bonds. The van der Waals surface area contributed by atoms with Crippen LogP contribution in [0.5, 0.6) is 0 Å². The van der Waals surface area contributed by atoms with Crippen molar-refractivity contribution >= 4 is 17.6 Å². The van der Waals surface area contributed by atoms with Crippen molar-refractivity contribution in [1.29, 1.82) is 0 Å². The summed E-state index contributed by atoms with van der Waals surface area (Å²) in [6, 6.07) is 7.75. The molecule has 0 aromatic heterocycles. The van der Waals surface area contributed by atoms with Crippen LogP contribution in [0.1, 0.15) is 25.8 Å². The number of carbonyl (C=O) groups excluding carboxylic acids is 2. The zero-order chi connectivity index (χ0) is 14.8. The molecule has 0 saturated carbocycles. The van der Waals surface area contributed by atoms with Gasteiger partial charge in [-0.1, -0.05) is 19.1 Å². The maximum Gasteiger partial charge on any atom is 0.307 e. The van der Waals surface area contributed by atoms with Gasteiger partial charge in [0, 0.05) is 12.2 Å². The Morgan fingerprint density at radius 2 is 2.05 bits per heavy atom. The van der Waals surface area contributed by atoms with Crippen molar-refractivity contribution in [2.45, 2.75) is 26.7 Å². The predicted molar refractivity (Wildman–Crippen MR) is 78.6 cm³/mol. The van der Waals surface area contributed by atoms with E-state index >= 15 is 0 Å². The number of anilines is 1. The molecule has 0 aliphatic heterocycles. The second kappa shape index (κ2) is 9.09. The van der Waals surface area contributed by atoms with Gasteiger partial charge in [-0.25, -0.2) is 0 Å². The van der Waals surface area contributed by atoms with E-state index in [-0.39, 0.29) is 24.8 Å². The Kier molecular flexibility index (Phi) is 7.35. The summed E-state index contributed by atoms with van der Waals surface area (Å²) >= 11 is 0. The lowest BCUT2D eigenvalue weighted by Crippen LogP contribution is -2.29. The van der Waals surface area contributed by atoms with Gasteiger partial charge in [0.1, 0.15) is 0 Å². The van der Waals surface area contributed by atoms with Crippen LogP contribution in [0.4, 0.5) is 5.69 Å². The highest BCUT2D eigenvalue weighted by atomic mass is 16.5. The molecule has 0 heterocycles. The van der Waals surface area contributed by atoms with Crippen molar-refractivity contribution in [3.63, 3.8) is 0 Å². The molecular weight excluding hydrogens is 256 g/mol. The predicted octanol–water partition coefficient (Wildman–Crippen LogP) is 1.73. The van der Waals surface area contributed by atoms with Crippen molar-refractivity contribution in [2.24, 2.45) is 0 Å².